The lowest BCUT2D eigenvalue weighted by atomic mass is 9.64. The highest BCUT2D eigenvalue weighted by Gasteiger charge is 2.60. The zero-order chi connectivity index (χ0) is 10.6. The Morgan fingerprint density at radius 3 is 2.21 bits per heavy atom. The number of carbonyl (C=O) groups is 1. The van der Waals surface area contributed by atoms with Crippen molar-refractivity contribution in [3.8, 4) is 0 Å². The highest BCUT2D eigenvalue weighted by Crippen LogP contribution is 2.61. The predicted octanol–water partition coefficient (Wildman–Crippen LogP) is 2.34. The number of fused-ring (bicyclic) bond motifs is 2. The van der Waals surface area contributed by atoms with Gasteiger partial charge in [0.15, 0.2) is 0 Å². The second-order valence-corrected chi connectivity index (χ2v) is 5.81. The summed E-state index contributed by atoms with van der Waals surface area (Å²) in [4.78, 5) is 11.3. The molecule has 0 radical (unpaired) electrons. The molecule has 2 aliphatic carbocycles. The Morgan fingerprint density at radius 2 is 1.79 bits per heavy atom. The van der Waals surface area contributed by atoms with E-state index >= 15 is 0 Å². The Bertz CT molecular complexity index is 271. The van der Waals surface area contributed by atoms with Crippen molar-refractivity contribution in [3.63, 3.8) is 0 Å². The Hall–Kier alpha value is -0.530. The molecule has 2 fully saturated rings. The first-order chi connectivity index (χ1) is 6.38. The van der Waals surface area contributed by atoms with E-state index in [-0.39, 0.29) is 16.9 Å². The minimum absolute atomic E-state index is 0.0295. The Balaban J connectivity index is 2.29. The molecular weight excluding hydrogens is 174 g/mol. The molecule has 0 aromatic rings. The minimum atomic E-state index is 0.0295. The van der Waals surface area contributed by atoms with Crippen LogP contribution in [0.15, 0.2) is 0 Å². The first-order valence-corrected chi connectivity index (χ1v) is 5.66. The minimum Gasteiger partial charge on any atom is -0.350 e. The van der Waals surface area contributed by atoms with Crippen molar-refractivity contribution < 1.29 is 4.79 Å². The van der Waals surface area contributed by atoms with Gasteiger partial charge in [0, 0.05) is 12.5 Å². The SMILES string of the molecule is CC(=O)NC1(C)C2CCC(C2)C1(C)C. The molecule has 0 aromatic heterocycles. The normalized spacial score (nSPS) is 44.0. The molecule has 0 spiro atoms. The summed E-state index contributed by atoms with van der Waals surface area (Å²) < 4.78 is 0. The maximum absolute atomic E-state index is 11.3. The van der Waals surface area contributed by atoms with Crippen LogP contribution in [0.3, 0.4) is 0 Å². The van der Waals surface area contributed by atoms with Crippen LogP contribution >= 0.6 is 0 Å². The van der Waals surface area contributed by atoms with Gasteiger partial charge in [-0.25, -0.2) is 0 Å². The Morgan fingerprint density at radius 1 is 1.21 bits per heavy atom. The topological polar surface area (TPSA) is 29.1 Å². The van der Waals surface area contributed by atoms with Gasteiger partial charge in [0.25, 0.3) is 0 Å². The van der Waals surface area contributed by atoms with E-state index in [1.165, 1.54) is 19.3 Å². The van der Waals surface area contributed by atoms with Crippen LogP contribution in [0.2, 0.25) is 0 Å². The second-order valence-electron chi connectivity index (χ2n) is 5.81. The van der Waals surface area contributed by atoms with Crippen LogP contribution in [0.25, 0.3) is 0 Å². The number of rotatable bonds is 1. The molecule has 0 aliphatic heterocycles. The Labute approximate surface area is 86.5 Å². The molecule has 2 bridgehead atoms. The molecule has 2 heteroatoms. The number of nitrogens with one attached hydrogen (secondary N) is 1. The molecule has 2 nitrogen and oxygen atoms in total. The van der Waals surface area contributed by atoms with Crippen molar-refractivity contribution in [3.05, 3.63) is 0 Å². The monoisotopic (exact) mass is 195 g/mol. The lowest BCUT2D eigenvalue weighted by Crippen LogP contribution is -2.58. The van der Waals surface area contributed by atoms with Gasteiger partial charge in [-0.2, -0.15) is 0 Å². The number of amides is 1. The summed E-state index contributed by atoms with van der Waals surface area (Å²) >= 11 is 0. The molecule has 2 rings (SSSR count). The van der Waals surface area contributed by atoms with Gasteiger partial charge in [-0.15, -0.1) is 0 Å². The Kier molecular flexibility index (Phi) is 1.96. The van der Waals surface area contributed by atoms with E-state index in [0.717, 1.165) is 5.92 Å². The van der Waals surface area contributed by atoms with Crippen molar-refractivity contribution in [2.75, 3.05) is 0 Å². The summed E-state index contributed by atoms with van der Waals surface area (Å²) in [6, 6.07) is 0. The van der Waals surface area contributed by atoms with Gasteiger partial charge in [0.2, 0.25) is 5.91 Å². The fourth-order valence-electron chi connectivity index (χ4n) is 3.74. The molecule has 0 heterocycles. The molecular formula is C12H21NO. The molecule has 14 heavy (non-hydrogen) atoms. The van der Waals surface area contributed by atoms with E-state index in [1.54, 1.807) is 6.92 Å². The van der Waals surface area contributed by atoms with E-state index in [2.05, 4.69) is 26.1 Å². The van der Waals surface area contributed by atoms with E-state index < -0.39 is 0 Å². The predicted molar refractivity (Wildman–Crippen MR) is 56.8 cm³/mol. The third-order valence-electron chi connectivity index (χ3n) is 5.04. The van der Waals surface area contributed by atoms with E-state index in [0.29, 0.717) is 5.92 Å². The van der Waals surface area contributed by atoms with Crippen LogP contribution in [0.4, 0.5) is 0 Å². The molecule has 2 saturated carbocycles. The standard InChI is InChI=1S/C12H21NO/c1-8(14)13-12(4)10-6-5-9(7-10)11(12,2)3/h9-10H,5-7H2,1-4H3,(H,13,14). The molecule has 1 amide bonds. The van der Waals surface area contributed by atoms with E-state index in [9.17, 15) is 4.79 Å². The highest BCUT2D eigenvalue weighted by molar-refractivity contribution is 5.74. The summed E-state index contributed by atoms with van der Waals surface area (Å²) in [5, 5.41) is 3.20. The second kappa shape index (κ2) is 2.74. The van der Waals surface area contributed by atoms with Gasteiger partial charge in [-0.1, -0.05) is 13.8 Å². The van der Waals surface area contributed by atoms with Gasteiger partial charge in [-0.05, 0) is 43.4 Å². The quantitative estimate of drug-likeness (QED) is 0.683. The highest BCUT2D eigenvalue weighted by atomic mass is 16.1. The molecule has 2 aliphatic rings. The third kappa shape index (κ3) is 1.06. The summed E-state index contributed by atoms with van der Waals surface area (Å²) in [5.41, 5.74) is 0.295. The summed E-state index contributed by atoms with van der Waals surface area (Å²) in [6.07, 6.45) is 3.96. The molecule has 1 N–H and O–H groups in total. The first-order valence-electron chi connectivity index (χ1n) is 5.66. The van der Waals surface area contributed by atoms with Crippen LogP contribution in [0.5, 0.6) is 0 Å². The average molecular weight is 195 g/mol. The molecule has 3 atom stereocenters. The van der Waals surface area contributed by atoms with Crippen molar-refractivity contribution >= 4 is 5.91 Å². The molecule has 0 aromatic carbocycles. The van der Waals surface area contributed by atoms with Gasteiger partial charge < -0.3 is 5.32 Å². The summed E-state index contributed by atoms with van der Waals surface area (Å²) in [7, 11) is 0. The van der Waals surface area contributed by atoms with Gasteiger partial charge >= 0.3 is 0 Å². The van der Waals surface area contributed by atoms with Crippen molar-refractivity contribution in [2.24, 2.45) is 17.3 Å². The fourth-order valence-corrected chi connectivity index (χ4v) is 3.74. The number of hydrogen-bond donors (Lipinski definition) is 1. The van der Waals surface area contributed by atoms with Crippen LogP contribution in [-0.2, 0) is 4.79 Å². The lowest BCUT2D eigenvalue weighted by molar-refractivity contribution is -0.123. The van der Waals surface area contributed by atoms with Crippen molar-refractivity contribution in [1.29, 1.82) is 0 Å². The van der Waals surface area contributed by atoms with Crippen LogP contribution < -0.4 is 5.32 Å². The van der Waals surface area contributed by atoms with E-state index in [4.69, 9.17) is 0 Å². The van der Waals surface area contributed by atoms with Gasteiger partial charge in [0.1, 0.15) is 0 Å². The molecule has 0 saturated heterocycles. The maximum atomic E-state index is 11.3. The van der Waals surface area contributed by atoms with Crippen LogP contribution in [-0.4, -0.2) is 11.4 Å². The van der Waals surface area contributed by atoms with Crippen LogP contribution in [0, 0.1) is 17.3 Å². The molecule has 3 unspecified atom stereocenters. The summed E-state index contributed by atoms with van der Waals surface area (Å²) in [5.74, 6) is 1.63. The number of carbonyl (C=O) groups excluding carboxylic acids is 1. The van der Waals surface area contributed by atoms with Crippen LogP contribution in [0.1, 0.15) is 47.0 Å². The molecule has 80 valence electrons. The smallest absolute Gasteiger partial charge is 0.217 e. The third-order valence-corrected chi connectivity index (χ3v) is 5.04. The van der Waals surface area contributed by atoms with Gasteiger partial charge in [-0.3, -0.25) is 4.79 Å². The summed E-state index contributed by atoms with van der Waals surface area (Å²) in [6.45, 7) is 8.49. The maximum Gasteiger partial charge on any atom is 0.217 e. The fraction of sp³-hybridized carbons (Fsp3) is 0.917. The zero-order valence-electron chi connectivity index (χ0n) is 9.68. The van der Waals surface area contributed by atoms with Crippen molar-refractivity contribution in [1.82, 2.24) is 5.32 Å². The van der Waals surface area contributed by atoms with Crippen molar-refractivity contribution in [2.45, 2.75) is 52.5 Å². The van der Waals surface area contributed by atoms with E-state index in [1.807, 2.05) is 0 Å². The largest absolute Gasteiger partial charge is 0.350 e. The number of hydrogen-bond acceptors (Lipinski definition) is 1. The van der Waals surface area contributed by atoms with Gasteiger partial charge in [0.05, 0.1) is 0 Å². The first kappa shape index (κ1) is 10.0. The lowest BCUT2D eigenvalue weighted by Gasteiger charge is -2.48. The average Bonchev–Trinajstić information content (AvgIpc) is 2.54. The zero-order valence-corrected chi connectivity index (χ0v) is 9.68.